The van der Waals surface area contributed by atoms with Crippen molar-refractivity contribution in [2.24, 2.45) is 0 Å². The van der Waals surface area contributed by atoms with Crippen LogP contribution in [0.1, 0.15) is 19.5 Å². The van der Waals surface area contributed by atoms with E-state index in [-0.39, 0.29) is 12.6 Å². The van der Waals surface area contributed by atoms with Crippen LogP contribution in [0.2, 0.25) is 0 Å². The number of carboxylic acid groups (broad SMARTS) is 1. The number of nitrogens with zero attached hydrogens (tertiary/aromatic N) is 6. The van der Waals surface area contributed by atoms with Crippen LogP contribution in [0.15, 0.2) is 6.20 Å². The van der Waals surface area contributed by atoms with Crippen LogP contribution in [0.5, 0.6) is 0 Å². The molecule has 1 saturated heterocycles. The van der Waals surface area contributed by atoms with Gasteiger partial charge in [0, 0.05) is 45.8 Å². The smallest absolute Gasteiger partial charge is 0.325 e. The quantitative estimate of drug-likeness (QED) is 0.502. The van der Waals surface area contributed by atoms with E-state index in [1.807, 2.05) is 0 Å². The molecule has 0 aromatic carbocycles. The number of carboxylic acids is 1. The van der Waals surface area contributed by atoms with Crippen molar-refractivity contribution in [3.05, 3.63) is 11.9 Å². The Labute approximate surface area is 153 Å². The van der Waals surface area contributed by atoms with Gasteiger partial charge in [-0.1, -0.05) is 5.21 Å². The molecule has 10 heteroatoms. The minimum Gasteiger partial charge on any atom is -0.480 e. The molecule has 1 aromatic rings. The molecule has 0 spiro atoms. The van der Waals surface area contributed by atoms with E-state index in [0.717, 1.165) is 26.2 Å². The molecule has 1 unspecified atom stereocenters. The molecule has 2 heterocycles. The van der Waals surface area contributed by atoms with E-state index < -0.39 is 12.1 Å². The predicted octanol–water partition coefficient (Wildman–Crippen LogP) is -1.50. The average Bonchev–Trinajstić information content (AvgIpc) is 2.93. The normalized spacial score (nSPS) is 20.5. The molecule has 0 saturated carbocycles. The molecule has 0 amide bonds. The van der Waals surface area contributed by atoms with Gasteiger partial charge in [-0.3, -0.25) is 19.5 Å². The Hall–Kier alpha value is -1.59. The summed E-state index contributed by atoms with van der Waals surface area (Å²) in [6, 6.07) is 0. The van der Waals surface area contributed by atoms with Crippen LogP contribution < -0.4 is 0 Å². The van der Waals surface area contributed by atoms with Gasteiger partial charge in [-0.15, -0.1) is 5.10 Å². The fourth-order valence-corrected chi connectivity index (χ4v) is 3.17. The summed E-state index contributed by atoms with van der Waals surface area (Å²) in [6.07, 6.45) is 0.848. The summed E-state index contributed by atoms with van der Waals surface area (Å²) < 4.78 is 1.31. The van der Waals surface area contributed by atoms with Crippen molar-refractivity contribution in [2.75, 3.05) is 45.9 Å². The third kappa shape index (κ3) is 7.34. The van der Waals surface area contributed by atoms with Crippen LogP contribution in [0.25, 0.3) is 0 Å². The Bertz CT molecular complexity index is 565. The molecule has 148 valence electrons. The first kappa shape index (κ1) is 20.7. The summed E-state index contributed by atoms with van der Waals surface area (Å²) in [6.45, 7) is 9.06. The topological polar surface area (TPSA) is 118 Å². The van der Waals surface area contributed by atoms with Crippen molar-refractivity contribution in [1.29, 1.82) is 0 Å². The molecular formula is C16H30N6O4. The lowest BCUT2D eigenvalue weighted by atomic mass is 10.3. The monoisotopic (exact) mass is 370 g/mol. The van der Waals surface area contributed by atoms with Crippen LogP contribution in [-0.2, 0) is 17.9 Å². The highest BCUT2D eigenvalue weighted by molar-refractivity contribution is 5.66. The molecular weight excluding hydrogens is 340 g/mol. The van der Waals surface area contributed by atoms with E-state index in [2.05, 4.69) is 25.0 Å². The van der Waals surface area contributed by atoms with Crippen LogP contribution in [0.3, 0.4) is 0 Å². The Kier molecular flexibility index (Phi) is 7.91. The second-order valence-corrected chi connectivity index (χ2v) is 7.07. The van der Waals surface area contributed by atoms with E-state index in [9.17, 15) is 15.0 Å². The fourth-order valence-electron chi connectivity index (χ4n) is 3.17. The maximum Gasteiger partial charge on any atom is 0.325 e. The molecule has 0 aliphatic carbocycles. The highest BCUT2D eigenvalue weighted by Gasteiger charge is 2.21. The fraction of sp³-hybridized carbons (Fsp3) is 0.812. The van der Waals surface area contributed by atoms with Gasteiger partial charge in [0.1, 0.15) is 6.54 Å². The minimum atomic E-state index is -0.954. The van der Waals surface area contributed by atoms with Gasteiger partial charge >= 0.3 is 5.97 Å². The van der Waals surface area contributed by atoms with Gasteiger partial charge in [0.25, 0.3) is 0 Å². The SMILES string of the molecule is CC(O)CN1CCN(Cc2cn(CC(=O)O)nn2)CN(C[C@H](C)O)CC1. The van der Waals surface area contributed by atoms with Crippen molar-refractivity contribution in [2.45, 2.75) is 39.1 Å². The second kappa shape index (κ2) is 9.93. The number of carbonyl (C=O) groups is 1. The summed E-state index contributed by atoms with van der Waals surface area (Å²) in [4.78, 5) is 17.4. The van der Waals surface area contributed by atoms with E-state index in [1.54, 1.807) is 20.0 Å². The predicted molar refractivity (Wildman–Crippen MR) is 94.3 cm³/mol. The Morgan fingerprint density at radius 1 is 1.08 bits per heavy atom. The van der Waals surface area contributed by atoms with E-state index in [1.165, 1.54) is 4.68 Å². The molecule has 0 radical (unpaired) electrons. The van der Waals surface area contributed by atoms with Crippen molar-refractivity contribution in [1.82, 2.24) is 29.7 Å². The maximum atomic E-state index is 10.8. The van der Waals surface area contributed by atoms with Gasteiger partial charge in [0.05, 0.1) is 30.8 Å². The Morgan fingerprint density at radius 3 is 2.27 bits per heavy atom. The molecule has 10 nitrogen and oxygen atoms in total. The van der Waals surface area contributed by atoms with Gasteiger partial charge in [0.2, 0.25) is 0 Å². The van der Waals surface area contributed by atoms with Gasteiger partial charge in [0.15, 0.2) is 0 Å². The first-order valence-electron chi connectivity index (χ1n) is 8.96. The molecule has 1 aromatic heterocycles. The molecule has 26 heavy (non-hydrogen) atoms. The maximum absolute atomic E-state index is 10.8. The zero-order valence-electron chi connectivity index (χ0n) is 15.5. The molecule has 2 rings (SSSR count). The number of aliphatic carboxylic acids is 1. The Morgan fingerprint density at radius 2 is 1.65 bits per heavy atom. The lowest BCUT2D eigenvalue weighted by Gasteiger charge is -2.37. The molecule has 1 aliphatic heterocycles. The highest BCUT2D eigenvalue weighted by atomic mass is 16.4. The van der Waals surface area contributed by atoms with E-state index in [0.29, 0.717) is 32.0 Å². The first-order valence-corrected chi connectivity index (χ1v) is 8.96. The number of hydrogen-bond acceptors (Lipinski definition) is 8. The van der Waals surface area contributed by atoms with Crippen LogP contribution in [0.4, 0.5) is 0 Å². The van der Waals surface area contributed by atoms with Crippen molar-refractivity contribution >= 4 is 5.97 Å². The van der Waals surface area contributed by atoms with Crippen LogP contribution >= 0.6 is 0 Å². The van der Waals surface area contributed by atoms with Crippen molar-refractivity contribution in [3.8, 4) is 0 Å². The Balaban J connectivity index is 2.00. The molecule has 3 N–H and O–H groups in total. The summed E-state index contributed by atoms with van der Waals surface area (Å²) in [7, 11) is 0. The lowest BCUT2D eigenvalue weighted by molar-refractivity contribution is -0.137. The number of hydrogen-bond donors (Lipinski definition) is 3. The van der Waals surface area contributed by atoms with Gasteiger partial charge < -0.3 is 15.3 Å². The summed E-state index contributed by atoms with van der Waals surface area (Å²) in [5, 5.41) is 36.2. The molecule has 0 bridgehead atoms. The number of aliphatic hydroxyl groups is 2. The third-order valence-corrected chi connectivity index (χ3v) is 4.18. The lowest BCUT2D eigenvalue weighted by Crippen LogP contribution is -2.50. The number of β-amino-alcohol motifs (C(OH)–C–C–N with tert-alkyl or cyclic N) is 2. The van der Waals surface area contributed by atoms with Crippen LogP contribution in [0, 0.1) is 0 Å². The molecule has 2 atom stereocenters. The summed E-state index contributed by atoms with van der Waals surface area (Å²) in [5.41, 5.74) is 0.714. The standard InChI is InChI=1S/C16H30N6O4/c1-13(23)7-19-3-5-20(8-14(2)24)12-21(6-4-19)9-15-10-22(18-17-15)11-16(25)26/h10,13-14,23-24H,3-9,11-12H2,1-2H3,(H,25,26)/t13?,14-/m0/s1. The van der Waals surface area contributed by atoms with Gasteiger partial charge in [-0.2, -0.15) is 0 Å². The zero-order valence-corrected chi connectivity index (χ0v) is 15.5. The van der Waals surface area contributed by atoms with E-state index in [4.69, 9.17) is 5.11 Å². The van der Waals surface area contributed by atoms with E-state index >= 15 is 0 Å². The molecule has 1 fully saturated rings. The summed E-state index contributed by atoms with van der Waals surface area (Å²) >= 11 is 0. The van der Waals surface area contributed by atoms with Gasteiger partial charge in [-0.05, 0) is 13.8 Å². The van der Waals surface area contributed by atoms with Crippen molar-refractivity contribution < 1.29 is 20.1 Å². The number of aliphatic hydroxyl groups excluding tert-OH is 2. The summed E-state index contributed by atoms with van der Waals surface area (Å²) in [5.74, 6) is -0.954. The average molecular weight is 370 g/mol. The molecule has 1 aliphatic rings. The second-order valence-electron chi connectivity index (χ2n) is 7.07. The number of rotatable bonds is 8. The minimum absolute atomic E-state index is 0.205. The van der Waals surface area contributed by atoms with Crippen molar-refractivity contribution in [3.63, 3.8) is 0 Å². The highest BCUT2D eigenvalue weighted by Crippen LogP contribution is 2.08. The first-order chi connectivity index (χ1) is 12.3. The third-order valence-electron chi connectivity index (χ3n) is 4.18. The largest absolute Gasteiger partial charge is 0.480 e. The van der Waals surface area contributed by atoms with Gasteiger partial charge in [-0.25, -0.2) is 4.68 Å². The van der Waals surface area contributed by atoms with Crippen LogP contribution in [-0.4, -0.2) is 109 Å². The zero-order chi connectivity index (χ0) is 19.1. The number of aromatic nitrogens is 3.